The van der Waals surface area contributed by atoms with Crippen LogP contribution in [0.3, 0.4) is 0 Å². The van der Waals surface area contributed by atoms with Gasteiger partial charge in [-0.3, -0.25) is 0 Å². The third kappa shape index (κ3) is 4.21. The van der Waals surface area contributed by atoms with Crippen LogP contribution in [0.5, 0.6) is 0 Å². The number of hydrogen-bond acceptors (Lipinski definition) is 5. The molecule has 0 saturated heterocycles. The third-order valence-electron chi connectivity index (χ3n) is 5.36. The van der Waals surface area contributed by atoms with Crippen LogP contribution in [-0.2, 0) is 10.0 Å². The number of fused-ring (bicyclic) bond motifs is 2. The van der Waals surface area contributed by atoms with E-state index in [4.69, 9.17) is 0 Å². The zero-order valence-corrected chi connectivity index (χ0v) is 18.6. The molecule has 5 rings (SSSR count). The van der Waals surface area contributed by atoms with Gasteiger partial charge < -0.3 is 5.43 Å². The second-order valence-electron chi connectivity index (χ2n) is 7.64. The van der Waals surface area contributed by atoms with Crippen molar-refractivity contribution in [2.75, 3.05) is 0 Å². The molecule has 0 aliphatic rings. The van der Waals surface area contributed by atoms with Gasteiger partial charge in [-0.2, -0.15) is 0 Å². The van der Waals surface area contributed by atoms with Crippen LogP contribution in [0, 0.1) is 6.92 Å². The Morgan fingerprint density at radius 2 is 1.61 bits per heavy atom. The minimum Gasteiger partial charge on any atom is -0.306 e. The summed E-state index contributed by atoms with van der Waals surface area (Å²) < 4.78 is 27.5. The number of sulfonamides is 1. The predicted molar refractivity (Wildman–Crippen MR) is 130 cm³/mol. The second-order valence-corrected chi connectivity index (χ2v) is 9.32. The molecule has 4 aromatic carbocycles. The zero-order chi connectivity index (χ0) is 22.8. The smallest absolute Gasteiger partial charge is 0.257 e. The van der Waals surface area contributed by atoms with Crippen molar-refractivity contribution in [1.82, 2.24) is 25.3 Å². The van der Waals surface area contributed by atoms with E-state index in [1.165, 1.54) is 0 Å². The number of para-hydroxylation sites is 1. The number of aryl methyl sites for hydroxylation is 1. The Hall–Kier alpha value is -4.01. The molecule has 2 N–H and O–H groups in total. The quantitative estimate of drug-likeness (QED) is 0.372. The van der Waals surface area contributed by atoms with E-state index >= 15 is 0 Å². The van der Waals surface area contributed by atoms with E-state index < -0.39 is 10.0 Å². The van der Waals surface area contributed by atoms with E-state index in [0.29, 0.717) is 5.70 Å². The van der Waals surface area contributed by atoms with Crippen molar-refractivity contribution in [3.8, 4) is 0 Å². The molecule has 7 nitrogen and oxygen atoms in total. The Labute approximate surface area is 191 Å². The highest BCUT2D eigenvalue weighted by molar-refractivity contribution is 7.89. The van der Waals surface area contributed by atoms with Gasteiger partial charge in [0.05, 0.1) is 22.3 Å². The first-order chi connectivity index (χ1) is 16.0. The topological polar surface area (TPSA) is 88.9 Å². The molecule has 0 unspecified atom stereocenters. The normalized spacial score (nSPS) is 12.3. The van der Waals surface area contributed by atoms with Crippen LogP contribution in [0.25, 0.3) is 33.7 Å². The van der Waals surface area contributed by atoms with Gasteiger partial charge in [0.2, 0.25) is 0 Å². The fourth-order valence-corrected chi connectivity index (χ4v) is 4.49. The number of hydrogen-bond donors (Lipinski definition) is 2. The summed E-state index contributed by atoms with van der Waals surface area (Å²) in [7, 11) is -3.80. The molecule has 0 aliphatic heterocycles. The summed E-state index contributed by atoms with van der Waals surface area (Å²) in [4.78, 5) is 2.68. The van der Waals surface area contributed by atoms with Crippen LogP contribution < -0.4 is 10.3 Å². The van der Waals surface area contributed by atoms with Gasteiger partial charge in [-0.05, 0) is 42.0 Å². The average Bonchev–Trinajstić information content (AvgIpc) is 3.24. The molecule has 33 heavy (non-hydrogen) atoms. The van der Waals surface area contributed by atoms with Gasteiger partial charge in [-0.1, -0.05) is 77.5 Å². The first-order valence-corrected chi connectivity index (χ1v) is 11.8. The standard InChI is InChI=1S/C25H21N5O2S/c1-18-13-15-20(16-14-18)33(31,32)29-27-24(17-30-25-12-5-4-11-23(25)26-28-30)22-10-6-8-19-7-2-3-9-21(19)22/h2-17,27,29H,1H3/b24-17+. The molecule has 0 spiro atoms. The van der Waals surface area contributed by atoms with Gasteiger partial charge >= 0.3 is 0 Å². The molecule has 5 aromatic rings. The van der Waals surface area contributed by atoms with E-state index in [2.05, 4.69) is 20.6 Å². The number of hydrazine groups is 1. The molecule has 1 heterocycles. The molecule has 164 valence electrons. The molecule has 0 atom stereocenters. The lowest BCUT2D eigenvalue weighted by atomic mass is 10.0. The Morgan fingerprint density at radius 3 is 2.45 bits per heavy atom. The maximum absolute atomic E-state index is 12.9. The zero-order valence-electron chi connectivity index (χ0n) is 17.8. The second kappa shape index (κ2) is 8.50. The highest BCUT2D eigenvalue weighted by atomic mass is 32.2. The van der Waals surface area contributed by atoms with Gasteiger partial charge in [0.25, 0.3) is 10.0 Å². The molecule has 0 amide bonds. The maximum atomic E-state index is 12.9. The van der Waals surface area contributed by atoms with Crippen molar-refractivity contribution in [3.05, 3.63) is 102 Å². The van der Waals surface area contributed by atoms with Gasteiger partial charge in [0.15, 0.2) is 0 Å². The highest BCUT2D eigenvalue weighted by Gasteiger charge is 2.16. The SMILES string of the molecule is Cc1ccc(S(=O)(=O)NN/C(=C/n2nnc3ccccc32)c2cccc3ccccc23)cc1. The Morgan fingerprint density at radius 1 is 0.879 bits per heavy atom. The van der Waals surface area contributed by atoms with Crippen molar-refractivity contribution in [1.29, 1.82) is 0 Å². The molecule has 0 aliphatic carbocycles. The lowest BCUT2D eigenvalue weighted by Gasteiger charge is -2.15. The first kappa shape index (κ1) is 20.9. The van der Waals surface area contributed by atoms with Gasteiger partial charge in [-0.25, -0.2) is 13.1 Å². The summed E-state index contributed by atoms with van der Waals surface area (Å²) in [5, 5.41) is 10.4. The van der Waals surface area contributed by atoms with Crippen LogP contribution in [0.4, 0.5) is 0 Å². The van der Waals surface area contributed by atoms with E-state index in [-0.39, 0.29) is 4.90 Å². The summed E-state index contributed by atoms with van der Waals surface area (Å²) in [6.07, 6.45) is 1.73. The summed E-state index contributed by atoms with van der Waals surface area (Å²) in [5.41, 5.74) is 6.79. The predicted octanol–water partition coefficient (Wildman–Crippen LogP) is 4.33. The Balaban J connectivity index is 1.59. The fourth-order valence-electron chi connectivity index (χ4n) is 3.63. The Kier molecular flexibility index (Phi) is 5.37. The summed E-state index contributed by atoms with van der Waals surface area (Å²) >= 11 is 0. The van der Waals surface area contributed by atoms with Crippen LogP contribution in [0.15, 0.2) is 95.9 Å². The van der Waals surface area contributed by atoms with Crippen LogP contribution in [-0.4, -0.2) is 23.4 Å². The van der Waals surface area contributed by atoms with E-state index in [9.17, 15) is 8.42 Å². The molecule has 0 radical (unpaired) electrons. The molecule has 0 bridgehead atoms. The van der Waals surface area contributed by atoms with E-state index in [1.807, 2.05) is 73.7 Å². The molecule has 8 heteroatoms. The fraction of sp³-hybridized carbons (Fsp3) is 0.0400. The number of nitrogens with one attached hydrogen (secondary N) is 2. The number of nitrogens with zero attached hydrogens (tertiary/aromatic N) is 3. The maximum Gasteiger partial charge on any atom is 0.257 e. The van der Waals surface area contributed by atoms with E-state index in [1.54, 1.807) is 35.1 Å². The Bertz CT molecular complexity index is 1580. The van der Waals surface area contributed by atoms with Gasteiger partial charge in [-0.15, -0.1) is 9.93 Å². The molecular weight excluding hydrogens is 434 g/mol. The summed E-state index contributed by atoms with van der Waals surface area (Å²) in [5.74, 6) is 0. The van der Waals surface area contributed by atoms with Gasteiger partial charge in [0, 0.05) is 5.56 Å². The summed E-state index contributed by atoms with van der Waals surface area (Å²) in [6.45, 7) is 1.91. The van der Waals surface area contributed by atoms with Crippen LogP contribution in [0.2, 0.25) is 0 Å². The molecule has 0 fully saturated rings. The lowest BCUT2D eigenvalue weighted by molar-refractivity contribution is 0.576. The minimum absolute atomic E-state index is 0.170. The van der Waals surface area contributed by atoms with Gasteiger partial charge in [0.1, 0.15) is 5.52 Å². The van der Waals surface area contributed by atoms with Crippen molar-refractivity contribution < 1.29 is 8.42 Å². The molecule has 0 saturated carbocycles. The van der Waals surface area contributed by atoms with E-state index in [0.717, 1.165) is 32.9 Å². The average molecular weight is 456 g/mol. The number of rotatable bonds is 6. The molecule has 1 aromatic heterocycles. The summed E-state index contributed by atoms with van der Waals surface area (Å²) in [6, 6.07) is 28.0. The number of aromatic nitrogens is 3. The van der Waals surface area contributed by atoms with Crippen molar-refractivity contribution >= 4 is 43.7 Å². The minimum atomic E-state index is -3.80. The van der Waals surface area contributed by atoms with Crippen molar-refractivity contribution in [2.24, 2.45) is 0 Å². The monoisotopic (exact) mass is 455 g/mol. The highest BCUT2D eigenvalue weighted by Crippen LogP contribution is 2.25. The van der Waals surface area contributed by atoms with Crippen LogP contribution >= 0.6 is 0 Å². The first-order valence-electron chi connectivity index (χ1n) is 10.4. The van der Waals surface area contributed by atoms with Crippen molar-refractivity contribution in [2.45, 2.75) is 11.8 Å². The lowest BCUT2D eigenvalue weighted by Crippen LogP contribution is -2.36. The third-order valence-corrected chi connectivity index (χ3v) is 6.62. The van der Waals surface area contributed by atoms with Crippen molar-refractivity contribution in [3.63, 3.8) is 0 Å². The molecular formula is C25H21N5O2S. The largest absolute Gasteiger partial charge is 0.306 e. The van der Waals surface area contributed by atoms with Crippen LogP contribution in [0.1, 0.15) is 11.1 Å². The number of benzene rings is 4.